The van der Waals surface area contributed by atoms with Crippen molar-refractivity contribution in [1.82, 2.24) is 0 Å². The minimum atomic E-state index is -0.180. The van der Waals surface area contributed by atoms with Gasteiger partial charge in [-0.25, -0.2) is 0 Å². The zero-order chi connectivity index (χ0) is 13.0. The SMILES string of the molecule is C#CCOC(=O)C(CC(C)(C)C)C(C)(C)C. The highest BCUT2D eigenvalue weighted by Crippen LogP contribution is 2.36. The molecule has 0 rings (SSSR count). The molecule has 1 atom stereocenters. The lowest BCUT2D eigenvalue weighted by atomic mass is 9.72. The van der Waals surface area contributed by atoms with Gasteiger partial charge in [0, 0.05) is 0 Å². The fraction of sp³-hybridized carbons (Fsp3) is 0.786. The van der Waals surface area contributed by atoms with Crippen LogP contribution in [-0.4, -0.2) is 12.6 Å². The van der Waals surface area contributed by atoms with Gasteiger partial charge in [0.25, 0.3) is 0 Å². The van der Waals surface area contributed by atoms with Crippen LogP contribution in [-0.2, 0) is 9.53 Å². The van der Waals surface area contributed by atoms with Gasteiger partial charge >= 0.3 is 5.97 Å². The number of esters is 1. The molecular weight excluding hydrogens is 200 g/mol. The van der Waals surface area contributed by atoms with Gasteiger partial charge < -0.3 is 4.74 Å². The predicted octanol–water partition coefficient (Wildman–Crippen LogP) is 3.26. The number of carbonyl (C=O) groups is 1. The fourth-order valence-electron chi connectivity index (χ4n) is 1.57. The third-order valence-electron chi connectivity index (χ3n) is 2.44. The predicted molar refractivity (Wildman–Crippen MR) is 66.8 cm³/mol. The van der Waals surface area contributed by atoms with Gasteiger partial charge in [-0.1, -0.05) is 47.5 Å². The molecule has 0 aromatic carbocycles. The lowest BCUT2D eigenvalue weighted by Gasteiger charge is -2.33. The topological polar surface area (TPSA) is 26.3 Å². The molecule has 0 spiro atoms. The Morgan fingerprint density at radius 3 is 2.06 bits per heavy atom. The van der Waals surface area contributed by atoms with Gasteiger partial charge in [0.15, 0.2) is 6.61 Å². The maximum absolute atomic E-state index is 11.9. The van der Waals surface area contributed by atoms with Crippen LogP contribution in [0, 0.1) is 29.1 Å². The van der Waals surface area contributed by atoms with Crippen LogP contribution in [0.25, 0.3) is 0 Å². The van der Waals surface area contributed by atoms with E-state index in [1.165, 1.54) is 0 Å². The number of rotatable bonds is 3. The minimum Gasteiger partial charge on any atom is -0.452 e. The molecule has 0 fully saturated rings. The van der Waals surface area contributed by atoms with Crippen LogP contribution in [0.1, 0.15) is 48.0 Å². The van der Waals surface area contributed by atoms with E-state index in [1.807, 2.05) is 0 Å². The van der Waals surface area contributed by atoms with E-state index in [-0.39, 0.29) is 29.3 Å². The molecule has 0 aliphatic rings. The van der Waals surface area contributed by atoms with Gasteiger partial charge in [0.05, 0.1) is 5.92 Å². The second-order valence-corrected chi connectivity index (χ2v) is 6.50. The Hall–Kier alpha value is -0.970. The molecule has 0 heterocycles. The van der Waals surface area contributed by atoms with Crippen molar-refractivity contribution in [3.05, 3.63) is 0 Å². The molecule has 0 aromatic heterocycles. The zero-order valence-corrected chi connectivity index (χ0v) is 11.4. The molecule has 0 saturated carbocycles. The summed E-state index contributed by atoms with van der Waals surface area (Å²) in [6.07, 6.45) is 5.89. The quantitative estimate of drug-likeness (QED) is 0.543. The summed E-state index contributed by atoms with van der Waals surface area (Å²) < 4.78 is 5.05. The smallest absolute Gasteiger partial charge is 0.310 e. The zero-order valence-electron chi connectivity index (χ0n) is 11.4. The largest absolute Gasteiger partial charge is 0.452 e. The Kier molecular flexibility index (Phi) is 5.06. The standard InChI is InChI=1S/C14H24O2/c1-8-9-16-12(15)11(14(5,6)7)10-13(2,3)4/h1,11H,9-10H2,2-7H3. The van der Waals surface area contributed by atoms with Gasteiger partial charge in [-0.3, -0.25) is 4.79 Å². The molecule has 2 heteroatoms. The number of hydrogen-bond donors (Lipinski definition) is 0. The first kappa shape index (κ1) is 15.0. The van der Waals surface area contributed by atoms with Crippen molar-refractivity contribution in [3.63, 3.8) is 0 Å². The Morgan fingerprint density at radius 2 is 1.75 bits per heavy atom. The summed E-state index contributed by atoms with van der Waals surface area (Å²) in [5.41, 5.74) is 0.00602. The Morgan fingerprint density at radius 1 is 1.25 bits per heavy atom. The normalized spacial score (nSPS) is 14.1. The van der Waals surface area contributed by atoms with Crippen molar-refractivity contribution in [2.45, 2.75) is 48.0 Å². The van der Waals surface area contributed by atoms with Crippen LogP contribution in [0.5, 0.6) is 0 Å². The second-order valence-electron chi connectivity index (χ2n) is 6.50. The van der Waals surface area contributed by atoms with Crippen molar-refractivity contribution in [3.8, 4) is 12.3 Å². The summed E-state index contributed by atoms with van der Waals surface area (Å²) in [4.78, 5) is 11.9. The highest BCUT2D eigenvalue weighted by molar-refractivity contribution is 5.73. The van der Waals surface area contributed by atoms with E-state index in [4.69, 9.17) is 11.2 Å². The van der Waals surface area contributed by atoms with Gasteiger partial charge in [-0.15, -0.1) is 6.42 Å². The minimum absolute atomic E-state index is 0.0650. The average molecular weight is 224 g/mol. The molecule has 0 aromatic rings. The van der Waals surface area contributed by atoms with E-state index < -0.39 is 0 Å². The Labute approximate surface area is 99.8 Å². The van der Waals surface area contributed by atoms with E-state index in [0.29, 0.717) is 0 Å². The molecular formula is C14H24O2. The molecule has 2 nitrogen and oxygen atoms in total. The first-order valence-corrected chi connectivity index (χ1v) is 5.68. The van der Waals surface area contributed by atoms with Gasteiger partial charge in [0.2, 0.25) is 0 Å². The third-order valence-corrected chi connectivity index (χ3v) is 2.44. The molecule has 16 heavy (non-hydrogen) atoms. The van der Waals surface area contributed by atoms with Crippen LogP contribution in [0.4, 0.5) is 0 Å². The molecule has 92 valence electrons. The summed E-state index contributed by atoms with van der Waals surface area (Å²) in [7, 11) is 0. The van der Waals surface area contributed by atoms with Crippen LogP contribution < -0.4 is 0 Å². The average Bonchev–Trinajstić information content (AvgIpc) is 2.07. The van der Waals surface area contributed by atoms with E-state index in [2.05, 4.69) is 47.5 Å². The molecule has 0 bridgehead atoms. The third kappa shape index (κ3) is 5.80. The molecule has 1 unspecified atom stereocenters. The van der Waals surface area contributed by atoms with Crippen molar-refractivity contribution >= 4 is 5.97 Å². The van der Waals surface area contributed by atoms with Gasteiger partial charge in [0.1, 0.15) is 0 Å². The molecule has 0 aliphatic heterocycles. The number of ether oxygens (including phenoxy) is 1. The van der Waals surface area contributed by atoms with Crippen molar-refractivity contribution in [2.24, 2.45) is 16.7 Å². The van der Waals surface area contributed by atoms with Crippen molar-refractivity contribution in [2.75, 3.05) is 6.61 Å². The highest BCUT2D eigenvalue weighted by Gasteiger charge is 2.35. The molecule has 0 radical (unpaired) electrons. The van der Waals surface area contributed by atoms with Crippen LogP contribution in [0.3, 0.4) is 0 Å². The van der Waals surface area contributed by atoms with Crippen LogP contribution in [0.15, 0.2) is 0 Å². The maximum atomic E-state index is 11.9. The number of terminal acetylenes is 1. The highest BCUT2D eigenvalue weighted by atomic mass is 16.5. The molecule has 0 N–H and O–H groups in total. The number of hydrogen-bond acceptors (Lipinski definition) is 2. The fourth-order valence-corrected chi connectivity index (χ4v) is 1.57. The lowest BCUT2D eigenvalue weighted by Crippen LogP contribution is -2.33. The molecule has 0 amide bonds. The Bertz CT molecular complexity index is 271. The maximum Gasteiger partial charge on any atom is 0.310 e. The van der Waals surface area contributed by atoms with E-state index in [0.717, 1.165) is 6.42 Å². The molecule has 0 aliphatic carbocycles. The van der Waals surface area contributed by atoms with Crippen molar-refractivity contribution < 1.29 is 9.53 Å². The summed E-state index contributed by atoms with van der Waals surface area (Å²) >= 11 is 0. The van der Waals surface area contributed by atoms with Crippen LogP contribution >= 0.6 is 0 Å². The van der Waals surface area contributed by atoms with E-state index in [1.54, 1.807) is 0 Å². The summed E-state index contributed by atoms with van der Waals surface area (Å²) in [5, 5.41) is 0. The Balaban J connectivity index is 4.70. The van der Waals surface area contributed by atoms with E-state index in [9.17, 15) is 4.79 Å². The first-order valence-electron chi connectivity index (χ1n) is 5.68. The second kappa shape index (κ2) is 5.39. The van der Waals surface area contributed by atoms with Crippen molar-refractivity contribution in [1.29, 1.82) is 0 Å². The van der Waals surface area contributed by atoms with E-state index >= 15 is 0 Å². The summed E-state index contributed by atoms with van der Waals surface area (Å²) in [6, 6.07) is 0. The summed E-state index contributed by atoms with van der Waals surface area (Å²) in [6.45, 7) is 12.6. The lowest BCUT2D eigenvalue weighted by molar-refractivity contribution is -0.152. The number of carbonyl (C=O) groups excluding carboxylic acids is 1. The first-order chi connectivity index (χ1) is 7.08. The van der Waals surface area contributed by atoms with Gasteiger partial charge in [-0.2, -0.15) is 0 Å². The monoisotopic (exact) mass is 224 g/mol. The summed E-state index contributed by atoms with van der Waals surface area (Å²) in [5.74, 6) is 2.03. The van der Waals surface area contributed by atoms with Crippen LogP contribution in [0.2, 0.25) is 0 Å². The molecule has 0 saturated heterocycles. The van der Waals surface area contributed by atoms with Gasteiger partial charge in [-0.05, 0) is 17.3 Å².